The lowest BCUT2D eigenvalue weighted by Gasteiger charge is -2.27. The molecule has 0 aliphatic heterocycles. The van der Waals surface area contributed by atoms with Gasteiger partial charge in [0, 0.05) is 12.5 Å². The van der Waals surface area contributed by atoms with Crippen molar-refractivity contribution in [1.82, 2.24) is 4.98 Å². The van der Waals surface area contributed by atoms with E-state index in [2.05, 4.69) is 4.98 Å². The number of Topliss-reactive ketones (excluding diaryl/α,β-unsaturated/α-hetero) is 1. The monoisotopic (exact) mass is 292 g/mol. The number of anilines is 1. The van der Waals surface area contributed by atoms with Crippen molar-refractivity contribution in [2.45, 2.75) is 45.3 Å². The maximum absolute atomic E-state index is 12.6. The fraction of sp³-hybridized carbons (Fsp3) is 0.667. The summed E-state index contributed by atoms with van der Waals surface area (Å²) in [5.41, 5.74) is 0.657. The summed E-state index contributed by atoms with van der Waals surface area (Å²) in [6.07, 6.45) is -2.40. The number of thiazole rings is 1. The zero-order chi connectivity index (χ0) is 14.2. The Labute approximate surface area is 113 Å². The molecule has 0 aromatic carbocycles. The molecule has 2 rings (SSSR count). The van der Waals surface area contributed by atoms with E-state index in [9.17, 15) is 18.0 Å². The van der Waals surface area contributed by atoms with Crippen LogP contribution in [0.5, 0.6) is 0 Å². The maximum Gasteiger partial charge on any atom is 0.406 e. The molecule has 0 radical (unpaired) electrons. The Bertz CT molecular complexity index is 482. The fourth-order valence-electron chi connectivity index (χ4n) is 2.04. The van der Waals surface area contributed by atoms with E-state index in [1.165, 1.54) is 4.90 Å². The van der Waals surface area contributed by atoms with Crippen LogP contribution in [-0.2, 0) is 6.42 Å². The number of aromatic nitrogens is 1. The fourth-order valence-corrected chi connectivity index (χ4v) is 3.26. The molecule has 1 aliphatic rings. The van der Waals surface area contributed by atoms with Crippen LogP contribution in [0, 0.1) is 0 Å². The second kappa shape index (κ2) is 5.11. The lowest BCUT2D eigenvalue weighted by atomic mass is 10.0. The SMILES string of the molecule is CC(C)N(CC(F)(F)F)c1nc2c(s1)C(=O)CCC2. The summed E-state index contributed by atoms with van der Waals surface area (Å²) in [6.45, 7) is 2.34. The minimum atomic E-state index is -4.28. The van der Waals surface area contributed by atoms with Crippen LogP contribution in [0.15, 0.2) is 0 Å². The lowest BCUT2D eigenvalue weighted by molar-refractivity contribution is -0.120. The van der Waals surface area contributed by atoms with Crippen LogP contribution < -0.4 is 4.90 Å². The van der Waals surface area contributed by atoms with Crippen LogP contribution in [-0.4, -0.2) is 29.5 Å². The number of carbonyl (C=O) groups is 1. The highest BCUT2D eigenvalue weighted by Crippen LogP contribution is 2.34. The highest BCUT2D eigenvalue weighted by atomic mass is 32.1. The van der Waals surface area contributed by atoms with Gasteiger partial charge in [0.05, 0.1) is 10.6 Å². The summed E-state index contributed by atoms with van der Waals surface area (Å²) in [4.78, 5) is 17.7. The van der Waals surface area contributed by atoms with E-state index >= 15 is 0 Å². The Hall–Kier alpha value is -1.11. The largest absolute Gasteiger partial charge is 0.406 e. The van der Waals surface area contributed by atoms with E-state index < -0.39 is 12.7 Å². The molecule has 0 atom stereocenters. The maximum atomic E-state index is 12.6. The standard InChI is InChI=1S/C12H15F3N2OS/c1-7(2)17(6-12(13,14)15)11-16-8-4-3-5-9(18)10(8)19-11/h7H,3-6H2,1-2H3. The van der Waals surface area contributed by atoms with Crippen molar-refractivity contribution in [2.75, 3.05) is 11.4 Å². The molecule has 7 heteroatoms. The van der Waals surface area contributed by atoms with Gasteiger partial charge in [0.25, 0.3) is 0 Å². The van der Waals surface area contributed by atoms with Gasteiger partial charge in [-0.3, -0.25) is 4.79 Å². The van der Waals surface area contributed by atoms with Crippen LogP contribution in [0.1, 0.15) is 42.1 Å². The van der Waals surface area contributed by atoms with Gasteiger partial charge in [-0.05, 0) is 26.7 Å². The number of aryl methyl sites for hydroxylation is 1. The molecule has 0 amide bonds. The first kappa shape index (κ1) is 14.3. The number of halogens is 3. The smallest absolute Gasteiger partial charge is 0.337 e. The van der Waals surface area contributed by atoms with Crippen molar-refractivity contribution in [3.8, 4) is 0 Å². The molecule has 0 fully saturated rings. The predicted molar refractivity (Wildman–Crippen MR) is 67.9 cm³/mol. The Morgan fingerprint density at radius 1 is 1.37 bits per heavy atom. The number of ketones is 1. The van der Waals surface area contributed by atoms with Gasteiger partial charge in [-0.2, -0.15) is 13.2 Å². The third-order valence-electron chi connectivity index (χ3n) is 2.98. The van der Waals surface area contributed by atoms with Gasteiger partial charge >= 0.3 is 6.18 Å². The van der Waals surface area contributed by atoms with Crippen molar-refractivity contribution in [3.05, 3.63) is 10.6 Å². The summed E-state index contributed by atoms with van der Waals surface area (Å²) >= 11 is 1.09. The number of hydrogen-bond acceptors (Lipinski definition) is 4. The van der Waals surface area contributed by atoms with Gasteiger partial charge in [0.15, 0.2) is 10.9 Å². The molecule has 0 saturated heterocycles. The zero-order valence-electron chi connectivity index (χ0n) is 10.8. The van der Waals surface area contributed by atoms with Gasteiger partial charge < -0.3 is 4.90 Å². The van der Waals surface area contributed by atoms with E-state index in [4.69, 9.17) is 0 Å². The summed E-state index contributed by atoms with van der Waals surface area (Å²) in [5, 5.41) is 0.299. The molecule has 0 N–H and O–H groups in total. The average Bonchev–Trinajstić information content (AvgIpc) is 2.69. The van der Waals surface area contributed by atoms with Crippen LogP contribution >= 0.6 is 11.3 Å². The number of nitrogens with zero attached hydrogens (tertiary/aromatic N) is 2. The highest BCUT2D eigenvalue weighted by molar-refractivity contribution is 7.17. The predicted octanol–water partition coefficient (Wildman–Crippen LogP) is 3.44. The summed E-state index contributed by atoms with van der Waals surface area (Å²) in [5.74, 6) is 0.000662. The normalized spacial score (nSPS) is 15.8. The van der Waals surface area contributed by atoms with Crippen molar-refractivity contribution in [3.63, 3.8) is 0 Å². The quantitative estimate of drug-likeness (QED) is 0.855. The highest BCUT2D eigenvalue weighted by Gasteiger charge is 2.34. The van der Waals surface area contributed by atoms with E-state index in [-0.39, 0.29) is 11.8 Å². The third-order valence-corrected chi connectivity index (χ3v) is 4.15. The Balaban J connectivity index is 2.30. The summed E-state index contributed by atoms with van der Waals surface area (Å²) < 4.78 is 37.7. The average molecular weight is 292 g/mol. The molecule has 3 nitrogen and oxygen atoms in total. The van der Waals surface area contributed by atoms with E-state index in [0.717, 1.165) is 17.8 Å². The second-order valence-electron chi connectivity index (χ2n) is 4.89. The Morgan fingerprint density at radius 3 is 2.58 bits per heavy atom. The molecule has 19 heavy (non-hydrogen) atoms. The Morgan fingerprint density at radius 2 is 2.05 bits per heavy atom. The molecule has 106 valence electrons. The molecular weight excluding hydrogens is 277 g/mol. The molecule has 0 spiro atoms. The van der Waals surface area contributed by atoms with Crippen LogP contribution in [0.3, 0.4) is 0 Å². The third kappa shape index (κ3) is 3.26. The first-order valence-electron chi connectivity index (χ1n) is 6.14. The van der Waals surface area contributed by atoms with Gasteiger partial charge in [-0.1, -0.05) is 11.3 Å². The summed E-state index contributed by atoms with van der Waals surface area (Å²) in [6, 6.07) is -0.315. The molecule has 1 heterocycles. The molecule has 1 aromatic rings. The topological polar surface area (TPSA) is 33.2 Å². The number of alkyl halides is 3. The second-order valence-corrected chi connectivity index (χ2v) is 5.86. The van der Waals surface area contributed by atoms with Crippen LogP contribution in [0.4, 0.5) is 18.3 Å². The number of fused-ring (bicyclic) bond motifs is 1. The van der Waals surface area contributed by atoms with E-state index in [1.807, 2.05) is 0 Å². The van der Waals surface area contributed by atoms with Gasteiger partial charge in [0.1, 0.15) is 6.54 Å². The molecule has 0 bridgehead atoms. The molecular formula is C12H15F3N2OS. The number of rotatable bonds is 3. The minimum Gasteiger partial charge on any atom is -0.337 e. The summed E-state index contributed by atoms with van der Waals surface area (Å²) in [7, 11) is 0. The molecule has 1 aliphatic carbocycles. The first-order valence-corrected chi connectivity index (χ1v) is 6.96. The van der Waals surface area contributed by atoms with E-state index in [0.29, 0.717) is 28.5 Å². The van der Waals surface area contributed by atoms with Crippen LogP contribution in [0.25, 0.3) is 0 Å². The molecule has 0 saturated carbocycles. The van der Waals surface area contributed by atoms with Gasteiger partial charge in [-0.15, -0.1) is 0 Å². The molecule has 1 aromatic heterocycles. The van der Waals surface area contributed by atoms with Gasteiger partial charge in [0.2, 0.25) is 0 Å². The van der Waals surface area contributed by atoms with Crippen molar-refractivity contribution in [1.29, 1.82) is 0 Å². The lowest BCUT2D eigenvalue weighted by Crippen LogP contribution is -2.39. The van der Waals surface area contributed by atoms with E-state index in [1.54, 1.807) is 13.8 Å². The van der Waals surface area contributed by atoms with Crippen molar-refractivity contribution in [2.24, 2.45) is 0 Å². The van der Waals surface area contributed by atoms with Crippen LogP contribution in [0.2, 0.25) is 0 Å². The Kier molecular flexibility index (Phi) is 3.85. The zero-order valence-corrected chi connectivity index (χ0v) is 11.6. The number of hydrogen-bond donors (Lipinski definition) is 0. The number of carbonyl (C=O) groups excluding carboxylic acids is 1. The first-order chi connectivity index (χ1) is 8.78. The molecule has 0 unspecified atom stereocenters. The van der Waals surface area contributed by atoms with Crippen molar-refractivity contribution >= 4 is 22.3 Å². The van der Waals surface area contributed by atoms with Crippen molar-refractivity contribution < 1.29 is 18.0 Å². The van der Waals surface area contributed by atoms with Gasteiger partial charge in [-0.25, -0.2) is 4.98 Å². The minimum absolute atomic E-state index is 0.000662.